The number of nitrogens with zero attached hydrogens (tertiary/aromatic N) is 4. The molecule has 1 saturated heterocycles. The van der Waals surface area contributed by atoms with Crippen molar-refractivity contribution >= 4 is 23.4 Å². The summed E-state index contributed by atoms with van der Waals surface area (Å²) >= 11 is 1.31. The van der Waals surface area contributed by atoms with Crippen LogP contribution in [-0.2, 0) is 14.2 Å². The lowest BCUT2D eigenvalue weighted by Crippen LogP contribution is -2.66. The van der Waals surface area contributed by atoms with E-state index in [9.17, 15) is 18.8 Å². The molecule has 0 radical (unpaired) electrons. The predicted molar refractivity (Wildman–Crippen MR) is 153 cm³/mol. The number of morpholine rings is 1. The number of halogens is 2. The zero-order valence-electron chi connectivity index (χ0n) is 23.2. The molecule has 3 aliphatic rings. The molecule has 2 aromatic carbocycles. The highest BCUT2D eigenvalue weighted by Crippen LogP contribution is 2.50. The van der Waals surface area contributed by atoms with Crippen LogP contribution in [0.1, 0.15) is 34.6 Å². The van der Waals surface area contributed by atoms with Crippen LogP contribution in [-0.4, -0.2) is 65.9 Å². The summed E-state index contributed by atoms with van der Waals surface area (Å²) in [6, 6.07) is 10.5. The molecule has 2 aromatic heterocycles. The maximum Gasteiger partial charge on any atom is 0.511 e. The molecule has 0 N–H and O–H groups in total. The zero-order chi connectivity index (χ0) is 30.5. The molecule has 2 atom stereocenters. The number of hydrogen-bond donors (Lipinski definition) is 0. The Balaban J connectivity index is 1.46. The Kier molecular flexibility index (Phi) is 7.01. The molecule has 2 aliphatic heterocycles. The van der Waals surface area contributed by atoms with E-state index in [4.69, 9.17) is 18.9 Å². The maximum absolute atomic E-state index is 15.8. The Bertz CT molecular complexity index is 1860. The number of carbonyl (C=O) groups is 2. The summed E-state index contributed by atoms with van der Waals surface area (Å²) in [5, 5.41) is 1.81. The van der Waals surface area contributed by atoms with Gasteiger partial charge in [0.1, 0.15) is 6.17 Å². The highest BCUT2D eigenvalue weighted by molar-refractivity contribution is 7.13. The van der Waals surface area contributed by atoms with Crippen LogP contribution in [0.4, 0.5) is 13.6 Å². The fraction of sp³-hybridized carbons (Fsp3) is 0.267. The highest BCUT2D eigenvalue weighted by Gasteiger charge is 2.47. The molecule has 14 heteroatoms. The van der Waals surface area contributed by atoms with Crippen LogP contribution in [0.5, 0.6) is 5.75 Å². The Morgan fingerprint density at radius 1 is 1.11 bits per heavy atom. The van der Waals surface area contributed by atoms with Gasteiger partial charge in [-0.05, 0) is 29.7 Å². The third-order valence-corrected chi connectivity index (χ3v) is 8.65. The lowest BCUT2D eigenvalue weighted by Gasteiger charge is -2.51. The van der Waals surface area contributed by atoms with Crippen molar-refractivity contribution in [3.05, 3.63) is 92.9 Å². The van der Waals surface area contributed by atoms with Crippen molar-refractivity contribution in [1.82, 2.24) is 14.6 Å². The Morgan fingerprint density at radius 3 is 2.80 bits per heavy atom. The van der Waals surface area contributed by atoms with Gasteiger partial charge in [-0.2, -0.15) is 0 Å². The smallest absolute Gasteiger partial charge is 0.451 e. The number of carbonyl (C=O) groups excluding carboxylic acids is 2. The molecule has 226 valence electrons. The molecule has 0 saturated carbocycles. The monoisotopic (exact) mass is 622 g/mol. The molecule has 1 amide bonds. The number of pyridine rings is 1. The number of ether oxygens (including phenoxy) is 4. The van der Waals surface area contributed by atoms with E-state index in [0.29, 0.717) is 16.1 Å². The van der Waals surface area contributed by atoms with E-state index in [2.05, 4.69) is 4.98 Å². The van der Waals surface area contributed by atoms with E-state index in [-0.39, 0.29) is 43.4 Å². The number of benzene rings is 2. The van der Waals surface area contributed by atoms with Gasteiger partial charge in [-0.1, -0.05) is 30.3 Å². The molecule has 1 fully saturated rings. The van der Waals surface area contributed by atoms with Crippen molar-refractivity contribution in [1.29, 1.82) is 0 Å². The molecule has 0 spiro atoms. The number of thiazole rings is 1. The molecular weight excluding hydrogens is 598 g/mol. The van der Waals surface area contributed by atoms with Gasteiger partial charge in [0, 0.05) is 24.4 Å². The minimum Gasteiger partial charge on any atom is -0.451 e. The van der Waals surface area contributed by atoms with Crippen molar-refractivity contribution < 1.29 is 37.3 Å². The largest absolute Gasteiger partial charge is 0.511 e. The summed E-state index contributed by atoms with van der Waals surface area (Å²) in [4.78, 5) is 45.5. The third-order valence-electron chi connectivity index (χ3n) is 7.79. The van der Waals surface area contributed by atoms with Crippen molar-refractivity contribution in [2.45, 2.75) is 19.1 Å². The fourth-order valence-corrected chi connectivity index (χ4v) is 6.84. The van der Waals surface area contributed by atoms with E-state index in [0.717, 1.165) is 17.2 Å². The number of fused-ring (bicyclic) bond motifs is 7. The number of rotatable bonds is 5. The topological polar surface area (TPSA) is 112 Å². The van der Waals surface area contributed by atoms with Gasteiger partial charge in [0.25, 0.3) is 5.91 Å². The maximum atomic E-state index is 15.8. The first kappa shape index (κ1) is 28.0. The van der Waals surface area contributed by atoms with Crippen molar-refractivity contribution in [3.63, 3.8) is 0 Å². The first-order valence-electron chi connectivity index (χ1n) is 13.8. The minimum atomic E-state index is -1.04. The first-order chi connectivity index (χ1) is 21.4. The van der Waals surface area contributed by atoms with E-state index in [1.54, 1.807) is 22.3 Å². The molecule has 4 aromatic rings. The van der Waals surface area contributed by atoms with Gasteiger partial charge in [-0.3, -0.25) is 19.3 Å². The van der Waals surface area contributed by atoms with Crippen LogP contribution in [0.3, 0.4) is 0 Å². The van der Waals surface area contributed by atoms with Gasteiger partial charge in [0.05, 0.1) is 41.9 Å². The van der Waals surface area contributed by atoms with Crippen LogP contribution >= 0.6 is 11.3 Å². The standard InChI is InChI=1S/C30H24F2N4O7S/c1-2-41-30(39)43-15-42-27-20(37)9-10-35-26(27)29(38)34-11-12-40-13-21(34)36(35)25-16-5-3-4-6-17(16)28-24(33-14-44-28)22-18(25)7-8-19(31)23(22)32/h3-10,14,21,25H,2,11-13,15H2,1H3. The summed E-state index contributed by atoms with van der Waals surface area (Å²) in [6.07, 6.45) is -0.277. The summed E-state index contributed by atoms with van der Waals surface area (Å²) in [5.74, 6) is -2.92. The van der Waals surface area contributed by atoms with Crippen LogP contribution in [0.2, 0.25) is 0 Å². The van der Waals surface area contributed by atoms with Gasteiger partial charge in [-0.25, -0.2) is 18.6 Å². The second-order valence-electron chi connectivity index (χ2n) is 10.1. The second kappa shape index (κ2) is 11.0. The van der Waals surface area contributed by atoms with Crippen LogP contribution in [0, 0.1) is 11.6 Å². The second-order valence-corrected chi connectivity index (χ2v) is 10.9. The van der Waals surface area contributed by atoms with Crippen LogP contribution in [0.15, 0.2) is 59.0 Å². The Hall–Kier alpha value is -4.82. The third kappa shape index (κ3) is 4.32. The van der Waals surface area contributed by atoms with Gasteiger partial charge < -0.3 is 23.8 Å². The van der Waals surface area contributed by atoms with Crippen LogP contribution < -0.4 is 15.2 Å². The molecule has 4 heterocycles. The summed E-state index contributed by atoms with van der Waals surface area (Å²) < 4.78 is 53.2. The van der Waals surface area contributed by atoms with Crippen molar-refractivity contribution in [2.24, 2.45) is 0 Å². The van der Waals surface area contributed by atoms with E-state index in [1.807, 2.05) is 24.3 Å². The fourth-order valence-electron chi connectivity index (χ4n) is 6.00. The summed E-state index contributed by atoms with van der Waals surface area (Å²) in [7, 11) is 0. The number of aromatic nitrogens is 2. The van der Waals surface area contributed by atoms with E-state index >= 15 is 4.39 Å². The molecule has 44 heavy (non-hydrogen) atoms. The molecule has 7 rings (SSSR count). The molecule has 11 nitrogen and oxygen atoms in total. The highest BCUT2D eigenvalue weighted by atomic mass is 32.1. The SMILES string of the molecule is CCOC(=O)OCOc1c2n(ccc1=O)N(C1c3ccccc3-c3scnc3-c3c1ccc(F)c3F)C1COCCN1C2=O. The molecular formula is C30H24F2N4O7S. The van der Waals surface area contributed by atoms with Gasteiger partial charge in [0.2, 0.25) is 18.0 Å². The van der Waals surface area contributed by atoms with Gasteiger partial charge in [-0.15, -0.1) is 11.3 Å². The lowest BCUT2D eigenvalue weighted by molar-refractivity contribution is -0.0210. The van der Waals surface area contributed by atoms with Crippen molar-refractivity contribution in [3.8, 4) is 27.4 Å². The molecule has 0 bridgehead atoms. The number of hydrogen-bond acceptors (Lipinski definition) is 10. The van der Waals surface area contributed by atoms with E-state index in [1.165, 1.54) is 34.3 Å². The molecule has 1 aliphatic carbocycles. The van der Waals surface area contributed by atoms with Gasteiger partial charge >= 0.3 is 6.16 Å². The average Bonchev–Trinajstić information content (AvgIpc) is 3.47. The van der Waals surface area contributed by atoms with Crippen molar-refractivity contribution in [2.75, 3.05) is 38.2 Å². The van der Waals surface area contributed by atoms with E-state index < -0.39 is 48.1 Å². The molecule has 2 unspecified atom stereocenters. The Morgan fingerprint density at radius 2 is 1.95 bits per heavy atom. The lowest BCUT2D eigenvalue weighted by atomic mass is 9.92. The Labute approximate surface area is 252 Å². The average molecular weight is 623 g/mol. The van der Waals surface area contributed by atoms with Crippen LogP contribution in [0.25, 0.3) is 21.7 Å². The summed E-state index contributed by atoms with van der Waals surface area (Å²) in [5.41, 5.74) is 3.05. The minimum absolute atomic E-state index is 0.00420. The quantitative estimate of drug-likeness (QED) is 0.238. The number of amides is 1. The summed E-state index contributed by atoms with van der Waals surface area (Å²) in [6.45, 7) is 1.52. The van der Waals surface area contributed by atoms with Gasteiger partial charge in [0.15, 0.2) is 17.3 Å². The first-order valence-corrected chi connectivity index (χ1v) is 14.6. The zero-order valence-corrected chi connectivity index (χ0v) is 24.0. The normalized spacial score (nSPS) is 18.3. The predicted octanol–water partition coefficient (Wildman–Crippen LogP) is 4.28.